The maximum Gasteiger partial charge on any atom is 0.299 e. The summed E-state index contributed by atoms with van der Waals surface area (Å²) in [5.74, 6) is -1.90. The second-order valence-corrected chi connectivity index (χ2v) is 5.40. The van der Waals surface area contributed by atoms with E-state index in [1.165, 1.54) is 23.1 Å². The lowest BCUT2D eigenvalue weighted by atomic mass is 10.1. The van der Waals surface area contributed by atoms with Crippen molar-refractivity contribution in [3.63, 3.8) is 0 Å². The topological polar surface area (TPSA) is 37.4 Å². The first-order valence-corrected chi connectivity index (χ1v) is 6.76. The van der Waals surface area contributed by atoms with Crippen LogP contribution in [0.3, 0.4) is 0 Å². The zero-order valence-electron chi connectivity index (χ0n) is 10.3. The number of hydrogen-bond donors (Lipinski definition) is 0. The number of fused-ring (bicyclic) bond motifs is 1. The van der Waals surface area contributed by atoms with Crippen LogP contribution in [0, 0.1) is 5.82 Å². The first-order chi connectivity index (χ1) is 9.58. The van der Waals surface area contributed by atoms with Crippen molar-refractivity contribution in [2.75, 3.05) is 4.90 Å². The van der Waals surface area contributed by atoms with Crippen molar-refractivity contribution in [1.29, 1.82) is 0 Å². The lowest BCUT2D eigenvalue weighted by Crippen LogP contribution is -2.29. The standard InChI is InChI=1S/C15H9BrFNO2/c16-10-6-4-9(5-7-10)8-18-13-11(14(19)15(18)20)2-1-3-12(13)17/h1-7H,8H2. The third-order valence-corrected chi connectivity index (χ3v) is 3.72. The van der Waals surface area contributed by atoms with Crippen LogP contribution in [0.5, 0.6) is 0 Å². The normalized spacial score (nSPS) is 13.8. The first kappa shape index (κ1) is 13.0. The summed E-state index contributed by atoms with van der Waals surface area (Å²) < 4.78 is 14.8. The molecule has 0 aliphatic carbocycles. The summed E-state index contributed by atoms with van der Waals surface area (Å²) in [6, 6.07) is 11.5. The molecule has 0 saturated carbocycles. The zero-order valence-corrected chi connectivity index (χ0v) is 11.9. The van der Waals surface area contributed by atoms with Gasteiger partial charge in [0.1, 0.15) is 5.82 Å². The van der Waals surface area contributed by atoms with Gasteiger partial charge in [0.2, 0.25) is 0 Å². The van der Waals surface area contributed by atoms with Gasteiger partial charge in [0.25, 0.3) is 11.7 Å². The number of halogens is 2. The number of Topliss-reactive ketones (excluding diaryl/α,β-unsaturated/α-hetero) is 1. The number of carbonyl (C=O) groups is 2. The van der Waals surface area contributed by atoms with Crippen molar-refractivity contribution >= 4 is 33.3 Å². The van der Waals surface area contributed by atoms with Gasteiger partial charge in [-0.05, 0) is 29.8 Å². The van der Waals surface area contributed by atoms with E-state index >= 15 is 0 Å². The van der Waals surface area contributed by atoms with Gasteiger partial charge >= 0.3 is 0 Å². The van der Waals surface area contributed by atoms with Crippen LogP contribution in [0.25, 0.3) is 0 Å². The van der Waals surface area contributed by atoms with E-state index in [1.807, 2.05) is 24.3 Å². The molecule has 1 heterocycles. The monoisotopic (exact) mass is 333 g/mol. The minimum Gasteiger partial charge on any atom is -0.298 e. The third kappa shape index (κ3) is 2.04. The predicted molar refractivity (Wildman–Crippen MR) is 76.1 cm³/mol. The number of ketones is 1. The molecular weight excluding hydrogens is 325 g/mol. The van der Waals surface area contributed by atoms with Gasteiger partial charge in [0.15, 0.2) is 0 Å². The molecule has 100 valence electrons. The highest BCUT2D eigenvalue weighted by Gasteiger charge is 2.37. The van der Waals surface area contributed by atoms with Crippen molar-refractivity contribution in [1.82, 2.24) is 0 Å². The van der Waals surface area contributed by atoms with Crippen LogP contribution in [-0.4, -0.2) is 11.7 Å². The maximum atomic E-state index is 13.9. The lowest BCUT2D eigenvalue weighted by Gasteiger charge is -2.17. The molecule has 0 unspecified atom stereocenters. The lowest BCUT2D eigenvalue weighted by molar-refractivity contribution is -0.114. The number of anilines is 1. The summed E-state index contributed by atoms with van der Waals surface area (Å²) in [5.41, 5.74) is 1.03. The van der Waals surface area contributed by atoms with E-state index in [4.69, 9.17) is 0 Å². The molecule has 1 amide bonds. The number of amides is 1. The average Bonchev–Trinajstić information content (AvgIpc) is 2.68. The molecule has 0 aromatic heterocycles. The minimum atomic E-state index is -0.687. The molecule has 2 aromatic rings. The summed E-state index contributed by atoms with van der Waals surface area (Å²) in [5, 5.41) is 0. The fraction of sp³-hybridized carbons (Fsp3) is 0.0667. The Labute approximate surface area is 123 Å². The molecule has 2 aromatic carbocycles. The smallest absolute Gasteiger partial charge is 0.298 e. The van der Waals surface area contributed by atoms with E-state index in [0.717, 1.165) is 10.0 Å². The predicted octanol–water partition coefficient (Wildman–Crippen LogP) is 3.32. The molecule has 0 N–H and O–H groups in total. The minimum absolute atomic E-state index is 0.0745. The number of para-hydroxylation sites is 1. The van der Waals surface area contributed by atoms with Crippen molar-refractivity contribution in [2.24, 2.45) is 0 Å². The number of benzene rings is 2. The fourth-order valence-corrected chi connectivity index (χ4v) is 2.50. The van der Waals surface area contributed by atoms with Crippen LogP contribution < -0.4 is 4.90 Å². The Hall–Kier alpha value is -2.01. The van der Waals surface area contributed by atoms with Crippen LogP contribution in [0.2, 0.25) is 0 Å². The Balaban J connectivity index is 2.01. The summed E-state index contributed by atoms with van der Waals surface area (Å²) in [4.78, 5) is 25.0. The van der Waals surface area contributed by atoms with E-state index in [-0.39, 0.29) is 17.8 Å². The molecule has 20 heavy (non-hydrogen) atoms. The van der Waals surface area contributed by atoms with Crippen molar-refractivity contribution in [3.8, 4) is 0 Å². The molecule has 0 spiro atoms. The second kappa shape index (κ2) is 4.83. The van der Waals surface area contributed by atoms with Gasteiger partial charge < -0.3 is 0 Å². The van der Waals surface area contributed by atoms with Crippen molar-refractivity contribution in [3.05, 3.63) is 63.9 Å². The molecule has 0 fully saturated rings. The van der Waals surface area contributed by atoms with Gasteiger partial charge in [-0.1, -0.05) is 34.1 Å². The molecule has 0 bridgehead atoms. The molecule has 1 aliphatic heterocycles. The first-order valence-electron chi connectivity index (χ1n) is 5.97. The largest absolute Gasteiger partial charge is 0.299 e. The molecule has 0 radical (unpaired) electrons. The zero-order chi connectivity index (χ0) is 14.3. The fourth-order valence-electron chi connectivity index (χ4n) is 2.24. The highest BCUT2D eigenvalue weighted by atomic mass is 79.9. The second-order valence-electron chi connectivity index (χ2n) is 4.48. The van der Waals surface area contributed by atoms with Gasteiger partial charge in [-0.3, -0.25) is 14.5 Å². The van der Waals surface area contributed by atoms with Crippen LogP contribution in [0.15, 0.2) is 46.9 Å². The Kier molecular flexibility index (Phi) is 3.14. The summed E-state index contributed by atoms with van der Waals surface area (Å²) in [7, 11) is 0. The molecule has 5 heteroatoms. The molecule has 3 rings (SSSR count). The van der Waals surface area contributed by atoms with E-state index in [9.17, 15) is 14.0 Å². The Morgan fingerprint density at radius 3 is 2.45 bits per heavy atom. The highest BCUT2D eigenvalue weighted by Crippen LogP contribution is 2.32. The van der Waals surface area contributed by atoms with Gasteiger partial charge in [0, 0.05) is 4.47 Å². The maximum absolute atomic E-state index is 13.9. The van der Waals surface area contributed by atoms with E-state index in [1.54, 1.807) is 0 Å². The average molecular weight is 334 g/mol. The Morgan fingerprint density at radius 2 is 1.75 bits per heavy atom. The molecule has 3 nitrogen and oxygen atoms in total. The molecular formula is C15H9BrFNO2. The molecule has 1 aliphatic rings. The van der Waals surface area contributed by atoms with E-state index in [0.29, 0.717) is 0 Å². The van der Waals surface area contributed by atoms with Crippen LogP contribution in [-0.2, 0) is 11.3 Å². The Morgan fingerprint density at radius 1 is 1.05 bits per heavy atom. The van der Waals surface area contributed by atoms with Crippen LogP contribution >= 0.6 is 15.9 Å². The van der Waals surface area contributed by atoms with E-state index < -0.39 is 17.5 Å². The van der Waals surface area contributed by atoms with Gasteiger partial charge in [-0.2, -0.15) is 0 Å². The number of nitrogens with zero attached hydrogens (tertiary/aromatic N) is 1. The number of hydrogen-bond acceptors (Lipinski definition) is 2. The summed E-state index contributed by atoms with van der Waals surface area (Å²) >= 11 is 3.32. The van der Waals surface area contributed by atoms with Gasteiger partial charge in [0.05, 0.1) is 17.8 Å². The SMILES string of the molecule is O=C1C(=O)N(Cc2ccc(Br)cc2)c2c(F)cccc21. The highest BCUT2D eigenvalue weighted by molar-refractivity contribution is 9.10. The molecule has 0 atom stereocenters. The number of carbonyl (C=O) groups excluding carboxylic acids is 2. The van der Waals surface area contributed by atoms with Gasteiger partial charge in [-0.15, -0.1) is 0 Å². The van der Waals surface area contributed by atoms with Crippen LogP contribution in [0.1, 0.15) is 15.9 Å². The Bertz CT molecular complexity index is 712. The quantitative estimate of drug-likeness (QED) is 0.790. The van der Waals surface area contributed by atoms with E-state index in [2.05, 4.69) is 15.9 Å². The van der Waals surface area contributed by atoms with Crippen molar-refractivity contribution < 1.29 is 14.0 Å². The van der Waals surface area contributed by atoms with Crippen molar-refractivity contribution in [2.45, 2.75) is 6.54 Å². The summed E-state index contributed by atoms with van der Waals surface area (Å²) in [6.07, 6.45) is 0. The summed E-state index contributed by atoms with van der Waals surface area (Å²) in [6.45, 7) is 0.172. The third-order valence-electron chi connectivity index (χ3n) is 3.19. The number of rotatable bonds is 2. The molecule has 0 saturated heterocycles. The van der Waals surface area contributed by atoms with Crippen LogP contribution in [0.4, 0.5) is 10.1 Å². The van der Waals surface area contributed by atoms with Gasteiger partial charge in [-0.25, -0.2) is 4.39 Å².